The van der Waals surface area contributed by atoms with Crippen molar-refractivity contribution in [1.82, 2.24) is 25.0 Å². The summed E-state index contributed by atoms with van der Waals surface area (Å²) in [5, 5.41) is 16.8. The summed E-state index contributed by atoms with van der Waals surface area (Å²) in [7, 11) is 0. The minimum absolute atomic E-state index is 0.160. The van der Waals surface area contributed by atoms with Gasteiger partial charge in [0.15, 0.2) is 6.23 Å². The number of benzene rings is 1. The molecule has 35 heavy (non-hydrogen) atoms. The van der Waals surface area contributed by atoms with Gasteiger partial charge in [-0.05, 0) is 66.8 Å². The van der Waals surface area contributed by atoms with Gasteiger partial charge in [-0.3, -0.25) is 15.1 Å². The van der Waals surface area contributed by atoms with Crippen LogP contribution in [0.3, 0.4) is 0 Å². The highest BCUT2D eigenvalue weighted by Gasteiger charge is 2.25. The maximum absolute atomic E-state index is 13.2. The summed E-state index contributed by atoms with van der Waals surface area (Å²) in [6.45, 7) is 2.98. The number of halogens is 1. The van der Waals surface area contributed by atoms with E-state index in [0.29, 0.717) is 39.7 Å². The van der Waals surface area contributed by atoms with Crippen molar-refractivity contribution in [3.05, 3.63) is 70.6 Å². The second-order valence-electron chi connectivity index (χ2n) is 8.11. The van der Waals surface area contributed by atoms with Crippen LogP contribution >= 0.6 is 22.9 Å². The van der Waals surface area contributed by atoms with Crippen molar-refractivity contribution >= 4 is 34.0 Å². The Morgan fingerprint density at radius 1 is 1.23 bits per heavy atom. The highest BCUT2D eigenvalue weighted by Crippen LogP contribution is 2.33. The summed E-state index contributed by atoms with van der Waals surface area (Å²) in [6.07, 6.45) is 7.89. The SMILES string of the molecule is Cc1cnn(C2CCCCO2)c1-c1cnccc1C(=O)Nc1nnc(OCc2ccc(Cl)cc2)s1. The summed E-state index contributed by atoms with van der Waals surface area (Å²) in [5.74, 6) is -0.320. The van der Waals surface area contributed by atoms with E-state index in [1.54, 1.807) is 36.8 Å². The molecule has 3 aromatic heterocycles. The van der Waals surface area contributed by atoms with Gasteiger partial charge in [-0.1, -0.05) is 28.8 Å². The summed E-state index contributed by atoms with van der Waals surface area (Å²) in [4.78, 5) is 17.5. The molecule has 0 saturated carbocycles. The molecule has 1 aromatic carbocycles. The van der Waals surface area contributed by atoms with Crippen LogP contribution in [-0.4, -0.2) is 37.5 Å². The summed E-state index contributed by atoms with van der Waals surface area (Å²) < 4.78 is 13.5. The van der Waals surface area contributed by atoms with E-state index in [0.717, 1.165) is 47.4 Å². The predicted molar refractivity (Wildman–Crippen MR) is 133 cm³/mol. The third kappa shape index (κ3) is 5.34. The van der Waals surface area contributed by atoms with Gasteiger partial charge in [0.25, 0.3) is 11.1 Å². The molecule has 4 aromatic rings. The molecule has 0 spiro atoms. The number of aromatic nitrogens is 5. The molecule has 180 valence electrons. The first kappa shape index (κ1) is 23.4. The summed E-state index contributed by atoms with van der Waals surface area (Å²) >= 11 is 7.07. The molecule has 11 heteroatoms. The molecular weight excluding hydrogens is 488 g/mol. The van der Waals surface area contributed by atoms with E-state index >= 15 is 0 Å². The number of aryl methyl sites for hydroxylation is 1. The van der Waals surface area contributed by atoms with Gasteiger partial charge in [0.1, 0.15) is 6.61 Å². The van der Waals surface area contributed by atoms with Crippen LogP contribution in [-0.2, 0) is 11.3 Å². The fourth-order valence-electron chi connectivity index (χ4n) is 3.91. The van der Waals surface area contributed by atoms with Gasteiger partial charge in [-0.2, -0.15) is 5.10 Å². The van der Waals surface area contributed by atoms with Crippen LogP contribution in [0.25, 0.3) is 11.3 Å². The number of pyridine rings is 1. The van der Waals surface area contributed by atoms with Gasteiger partial charge in [0.2, 0.25) is 5.13 Å². The van der Waals surface area contributed by atoms with Crippen molar-refractivity contribution in [1.29, 1.82) is 0 Å². The van der Waals surface area contributed by atoms with Gasteiger partial charge >= 0.3 is 0 Å². The molecule has 1 aliphatic heterocycles. The van der Waals surface area contributed by atoms with Crippen LogP contribution in [0.2, 0.25) is 5.02 Å². The van der Waals surface area contributed by atoms with Crippen molar-refractivity contribution in [2.75, 3.05) is 11.9 Å². The molecule has 1 amide bonds. The van der Waals surface area contributed by atoms with Gasteiger partial charge in [0, 0.05) is 29.6 Å². The first-order valence-electron chi connectivity index (χ1n) is 11.2. The van der Waals surface area contributed by atoms with E-state index in [-0.39, 0.29) is 12.1 Å². The number of nitrogens with one attached hydrogen (secondary N) is 1. The second-order valence-corrected chi connectivity index (χ2v) is 9.48. The molecule has 9 nitrogen and oxygen atoms in total. The molecule has 5 rings (SSSR count). The van der Waals surface area contributed by atoms with Crippen molar-refractivity contribution in [2.45, 2.75) is 39.0 Å². The fraction of sp³-hybridized carbons (Fsp3) is 0.292. The average molecular weight is 511 g/mol. The third-order valence-electron chi connectivity index (χ3n) is 5.63. The maximum Gasteiger partial charge on any atom is 0.296 e. The lowest BCUT2D eigenvalue weighted by Crippen LogP contribution is -2.21. The lowest BCUT2D eigenvalue weighted by molar-refractivity contribution is -0.0384. The van der Waals surface area contributed by atoms with Crippen molar-refractivity contribution in [3.63, 3.8) is 0 Å². The highest BCUT2D eigenvalue weighted by atomic mass is 35.5. The Kier molecular flexibility index (Phi) is 7.03. The maximum atomic E-state index is 13.2. The summed E-state index contributed by atoms with van der Waals surface area (Å²) in [6, 6.07) is 9.03. The van der Waals surface area contributed by atoms with Crippen LogP contribution in [0.5, 0.6) is 5.19 Å². The normalized spacial score (nSPS) is 15.7. The largest absolute Gasteiger partial charge is 0.464 e. The Morgan fingerprint density at radius 3 is 2.89 bits per heavy atom. The monoisotopic (exact) mass is 510 g/mol. The average Bonchev–Trinajstić information content (AvgIpc) is 3.50. The molecule has 1 N–H and O–H groups in total. The minimum atomic E-state index is -0.320. The van der Waals surface area contributed by atoms with Crippen LogP contribution in [0.1, 0.15) is 47.0 Å². The van der Waals surface area contributed by atoms with E-state index in [4.69, 9.17) is 21.1 Å². The smallest absolute Gasteiger partial charge is 0.296 e. The zero-order chi connectivity index (χ0) is 24.2. The molecule has 1 unspecified atom stereocenters. The van der Waals surface area contributed by atoms with Crippen molar-refractivity contribution in [2.24, 2.45) is 0 Å². The van der Waals surface area contributed by atoms with Gasteiger partial charge in [-0.15, -0.1) is 5.10 Å². The molecule has 0 radical (unpaired) electrons. The van der Waals surface area contributed by atoms with E-state index in [9.17, 15) is 4.79 Å². The van der Waals surface area contributed by atoms with Crippen LogP contribution in [0.4, 0.5) is 5.13 Å². The van der Waals surface area contributed by atoms with Gasteiger partial charge < -0.3 is 9.47 Å². The van der Waals surface area contributed by atoms with E-state index in [1.165, 1.54) is 0 Å². The Morgan fingerprint density at radius 2 is 2.09 bits per heavy atom. The first-order valence-corrected chi connectivity index (χ1v) is 12.4. The van der Waals surface area contributed by atoms with Crippen LogP contribution in [0.15, 0.2) is 48.9 Å². The molecule has 1 aliphatic rings. The van der Waals surface area contributed by atoms with E-state index < -0.39 is 0 Å². The Hall–Kier alpha value is -3.34. The number of hydrogen-bond acceptors (Lipinski definition) is 8. The number of carbonyl (C=O) groups excluding carboxylic acids is 1. The quantitative estimate of drug-likeness (QED) is 0.360. The van der Waals surface area contributed by atoms with Crippen LogP contribution in [0, 0.1) is 6.92 Å². The molecule has 4 heterocycles. The summed E-state index contributed by atoms with van der Waals surface area (Å²) in [5.41, 5.74) is 3.84. The van der Waals surface area contributed by atoms with Crippen molar-refractivity contribution in [3.8, 4) is 16.5 Å². The molecule has 0 bridgehead atoms. The number of nitrogens with zero attached hydrogens (tertiary/aromatic N) is 5. The first-order chi connectivity index (χ1) is 17.1. The molecule has 1 saturated heterocycles. The lowest BCUT2D eigenvalue weighted by atomic mass is 10.0. The van der Waals surface area contributed by atoms with Gasteiger partial charge in [0.05, 0.1) is 17.5 Å². The number of anilines is 1. The minimum Gasteiger partial charge on any atom is -0.464 e. The number of ether oxygens (including phenoxy) is 2. The van der Waals surface area contributed by atoms with Gasteiger partial charge in [-0.25, -0.2) is 4.68 Å². The zero-order valence-electron chi connectivity index (χ0n) is 19.0. The second kappa shape index (κ2) is 10.5. The number of carbonyl (C=O) groups is 1. The van der Waals surface area contributed by atoms with Crippen molar-refractivity contribution < 1.29 is 14.3 Å². The Balaban J connectivity index is 1.32. The molecular formula is C24H23ClN6O3S. The number of rotatable bonds is 7. The Bertz CT molecular complexity index is 1320. The van der Waals surface area contributed by atoms with Crippen LogP contribution < -0.4 is 10.1 Å². The standard InChI is InChI=1S/C24H23ClN6O3S/c1-15-12-27-31(20-4-2-3-11-33-20)21(15)19-13-26-10-9-18(19)22(32)28-23-29-30-24(35-23)34-14-16-5-7-17(25)8-6-16/h5-10,12-13,20H,2-4,11,14H2,1H3,(H,28,29,32). The zero-order valence-corrected chi connectivity index (χ0v) is 20.6. The number of amides is 1. The molecule has 1 atom stereocenters. The highest BCUT2D eigenvalue weighted by molar-refractivity contribution is 7.17. The fourth-order valence-corrected chi connectivity index (χ4v) is 4.63. The predicted octanol–water partition coefficient (Wildman–Crippen LogP) is 5.29. The third-order valence-corrected chi connectivity index (χ3v) is 6.63. The Labute approximate surface area is 211 Å². The van der Waals surface area contributed by atoms with E-state index in [2.05, 4.69) is 25.6 Å². The topological polar surface area (TPSA) is 104 Å². The molecule has 0 aliphatic carbocycles. The molecule has 1 fully saturated rings. The lowest BCUT2D eigenvalue weighted by Gasteiger charge is -2.25. The van der Waals surface area contributed by atoms with E-state index in [1.807, 2.05) is 23.7 Å². The number of hydrogen-bond donors (Lipinski definition) is 1.